The Balaban J connectivity index is 2.81. The summed E-state index contributed by atoms with van der Waals surface area (Å²) in [6.45, 7) is 3.71. The number of rotatable bonds is 8. The molecular weight excluding hydrogens is 340 g/mol. The molecule has 1 rings (SSSR count). The van der Waals surface area contributed by atoms with Crippen LogP contribution in [0.5, 0.6) is 0 Å². The minimum absolute atomic E-state index is 0.0128. The molecule has 0 heterocycles. The molecular formula is C15H19ClN2O4S. The van der Waals surface area contributed by atoms with E-state index in [1.54, 1.807) is 12.1 Å². The minimum atomic E-state index is -3.25. The van der Waals surface area contributed by atoms with Crippen molar-refractivity contribution in [3.63, 3.8) is 0 Å². The lowest BCUT2D eigenvalue weighted by Gasteiger charge is -2.17. The zero-order valence-electron chi connectivity index (χ0n) is 12.7. The van der Waals surface area contributed by atoms with E-state index in [9.17, 15) is 18.0 Å². The van der Waals surface area contributed by atoms with Crippen LogP contribution in [-0.2, 0) is 14.6 Å². The topological polar surface area (TPSA) is 92.3 Å². The Morgan fingerprint density at radius 2 is 1.91 bits per heavy atom. The molecule has 1 aromatic rings. The fourth-order valence-electron chi connectivity index (χ4n) is 1.74. The number of hydrogen-bond acceptors (Lipinski definition) is 4. The molecule has 0 aromatic heterocycles. The molecule has 0 unspecified atom stereocenters. The Morgan fingerprint density at radius 3 is 2.43 bits per heavy atom. The normalized spacial score (nSPS) is 12.3. The predicted octanol–water partition coefficient (Wildman–Crippen LogP) is 1.18. The lowest BCUT2D eigenvalue weighted by atomic mass is 10.1. The highest BCUT2D eigenvalue weighted by Crippen LogP contribution is 2.10. The van der Waals surface area contributed by atoms with Crippen LogP contribution in [0, 0.1) is 0 Å². The minimum Gasteiger partial charge on any atom is -0.351 e. The lowest BCUT2D eigenvalue weighted by Crippen LogP contribution is -2.47. The Bertz CT molecular complexity index is 671. The van der Waals surface area contributed by atoms with Crippen molar-refractivity contribution in [3.8, 4) is 0 Å². The highest BCUT2D eigenvalue weighted by molar-refractivity contribution is 7.90. The third-order valence-corrected chi connectivity index (χ3v) is 4.16. The molecule has 2 amide bonds. The van der Waals surface area contributed by atoms with Gasteiger partial charge in [0.2, 0.25) is 5.91 Å². The van der Waals surface area contributed by atoms with E-state index in [0.717, 1.165) is 6.26 Å². The zero-order chi connectivity index (χ0) is 17.5. The highest BCUT2D eigenvalue weighted by atomic mass is 35.5. The van der Waals surface area contributed by atoms with Crippen LogP contribution in [0.15, 0.2) is 36.9 Å². The van der Waals surface area contributed by atoms with Gasteiger partial charge in [0.25, 0.3) is 5.91 Å². The molecule has 23 heavy (non-hydrogen) atoms. The van der Waals surface area contributed by atoms with E-state index in [0.29, 0.717) is 10.6 Å². The van der Waals surface area contributed by atoms with Gasteiger partial charge in [-0.1, -0.05) is 17.7 Å². The summed E-state index contributed by atoms with van der Waals surface area (Å²) in [6, 6.07) is 5.20. The SMILES string of the molecule is C=CCNC(=O)[C@H](CCS(C)(=O)=O)NC(=O)c1ccc(Cl)cc1. The van der Waals surface area contributed by atoms with Crippen LogP contribution in [0.25, 0.3) is 0 Å². The molecule has 0 radical (unpaired) electrons. The highest BCUT2D eigenvalue weighted by Gasteiger charge is 2.22. The molecule has 0 aliphatic carbocycles. The predicted molar refractivity (Wildman–Crippen MR) is 90.2 cm³/mol. The number of carbonyl (C=O) groups excluding carboxylic acids is 2. The summed E-state index contributed by atoms with van der Waals surface area (Å²) < 4.78 is 22.6. The molecule has 1 atom stereocenters. The first-order valence-electron chi connectivity index (χ1n) is 6.85. The van der Waals surface area contributed by atoms with Gasteiger partial charge in [-0.15, -0.1) is 6.58 Å². The molecule has 1 aromatic carbocycles. The van der Waals surface area contributed by atoms with Gasteiger partial charge < -0.3 is 10.6 Å². The Kier molecular flexibility index (Phi) is 7.25. The van der Waals surface area contributed by atoms with E-state index in [-0.39, 0.29) is 18.7 Å². The van der Waals surface area contributed by atoms with E-state index in [4.69, 9.17) is 11.6 Å². The van der Waals surface area contributed by atoms with Crippen LogP contribution in [0.2, 0.25) is 5.02 Å². The van der Waals surface area contributed by atoms with Crippen molar-refractivity contribution in [1.82, 2.24) is 10.6 Å². The monoisotopic (exact) mass is 358 g/mol. The number of amides is 2. The van der Waals surface area contributed by atoms with Crippen molar-refractivity contribution in [2.75, 3.05) is 18.6 Å². The Labute approximate surface area is 140 Å². The summed E-state index contributed by atoms with van der Waals surface area (Å²) >= 11 is 5.76. The molecule has 126 valence electrons. The van der Waals surface area contributed by atoms with Crippen LogP contribution in [0.4, 0.5) is 0 Å². The number of sulfone groups is 1. The fourth-order valence-corrected chi connectivity index (χ4v) is 2.53. The maximum atomic E-state index is 12.2. The van der Waals surface area contributed by atoms with Crippen LogP contribution < -0.4 is 10.6 Å². The average molecular weight is 359 g/mol. The summed E-state index contributed by atoms with van der Waals surface area (Å²) in [4.78, 5) is 24.2. The average Bonchev–Trinajstić information content (AvgIpc) is 2.48. The summed E-state index contributed by atoms with van der Waals surface area (Å²) in [5.41, 5.74) is 0.329. The second-order valence-electron chi connectivity index (χ2n) is 4.99. The smallest absolute Gasteiger partial charge is 0.251 e. The van der Waals surface area contributed by atoms with Crippen molar-refractivity contribution in [2.24, 2.45) is 0 Å². The van der Waals surface area contributed by atoms with E-state index in [1.165, 1.54) is 18.2 Å². The summed E-state index contributed by atoms with van der Waals surface area (Å²) in [5.74, 6) is -1.15. The summed E-state index contributed by atoms with van der Waals surface area (Å²) in [6.07, 6.45) is 2.56. The van der Waals surface area contributed by atoms with Gasteiger partial charge in [0.15, 0.2) is 0 Å². The van der Waals surface area contributed by atoms with Crippen molar-refractivity contribution in [1.29, 1.82) is 0 Å². The van der Waals surface area contributed by atoms with Gasteiger partial charge in [0, 0.05) is 23.4 Å². The van der Waals surface area contributed by atoms with Gasteiger partial charge in [-0.3, -0.25) is 9.59 Å². The second kappa shape index (κ2) is 8.69. The van der Waals surface area contributed by atoms with Crippen molar-refractivity contribution in [3.05, 3.63) is 47.5 Å². The lowest BCUT2D eigenvalue weighted by molar-refractivity contribution is -0.122. The van der Waals surface area contributed by atoms with Gasteiger partial charge in [-0.2, -0.15) is 0 Å². The van der Waals surface area contributed by atoms with E-state index >= 15 is 0 Å². The summed E-state index contributed by atoms with van der Waals surface area (Å²) in [5, 5.41) is 5.57. The molecule has 0 aliphatic heterocycles. The number of halogens is 1. The maximum absolute atomic E-state index is 12.2. The van der Waals surface area contributed by atoms with Crippen molar-refractivity contribution >= 4 is 33.3 Å². The molecule has 0 aliphatic rings. The third kappa shape index (κ3) is 7.30. The van der Waals surface area contributed by atoms with Gasteiger partial charge in [-0.05, 0) is 30.7 Å². The van der Waals surface area contributed by atoms with E-state index < -0.39 is 27.7 Å². The molecule has 2 N–H and O–H groups in total. The molecule has 0 fully saturated rings. The van der Waals surface area contributed by atoms with E-state index in [1.807, 2.05) is 0 Å². The van der Waals surface area contributed by atoms with Crippen LogP contribution >= 0.6 is 11.6 Å². The molecule has 0 saturated heterocycles. The van der Waals surface area contributed by atoms with Crippen molar-refractivity contribution in [2.45, 2.75) is 12.5 Å². The van der Waals surface area contributed by atoms with Crippen LogP contribution in [0.1, 0.15) is 16.8 Å². The maximum Gasteiger partial charge on any atom is 0.251 e. The largest absolute Gasteiger partial charge is 0.351 e. The first kappa shape index (κ1) is 19.2. The number of carbonyl (C=O) groups is 2. The van der Waals surface area contributed by atoms with Gasteiger partial charge in [0.1, 0.15) is 15.9 Å². The van der Waals surface area contributed by atoms with Crippen LogP contribution in [-0.4, -0.2) is 44.8 Å². The third-order valence-electron chi connectivity index (χ3n) is 2.93. The van der Waals surface area contributed by atoms with Gasteiger partial charge in [-0.25, -0.2) is 8.42 Å². The molecule has 6 nitrogen and oxygen atoms in total. The van der Waals surface area contributed by atoms with E-state index in [2.05, 4.69) is 17.2 Å². The number of nitrogens with one attached hydrogen (secondary N) is 2. The van der Waals surface area contributed by atoms with Crippen molar-refractivity contribution < 1.29 is 18.0 Å². The standard InChI is InChI=1S/C15H19ClN2O4S/c1-3-9-17-15(20)13(8-10-23(2,21)22)18-14(19)11-4-6-12(16)7-5-11/h3-7,13H,1,8-10H2,2H3,(H,17,20)(H,18,19)/t13-/m0/s1. The van der Waals surface area contributed by atoms with Gasteiger partial charge in [0.05, 0.1) is 5.75 Å². The number of hydrogen-bond donors (Lipinski definition) is 2. The zero-order valence-corrected chi connectivity index (χ0v) is 14.3. The first-order chi connectivity index (χ1) is 10.7. The van der Waals surface area contributed by atoms with Gasteiger partial charge >= 0.3 is 0 Å². The Hall–Kier alpha value is -1.86. The first-order valence-corrected chi connectivity index (χ1v) is 9.29. The van der Waals surface area contributed by atoms with Crippen LogP contribution in [0.3, 0.4) is 0 Å². The fraction of sp³-hybridized carbons (Fsp3) is 0.333. The summed E-state index contributed by atoms with van der Waals surface area (Å²) in [7, 11) is -3.25. The second-order valence-corrected chi connectivity index (χ2v) is 7.68. The molecule has 0 spiro atoms. The quantitative estimate of drug-likeness (QED) is 0.682. The Morgan fingerprint density at radius 1 is 1.30 bits per heavy atom. The molecule has 8 heteroatoms. The molecule has 0 bridgehead atoms. The molecule has 0 saturated carbocycles. The number of benzene rings is 1.